The molecule has 0 unspecified atom stereocenters. The van der Waals surface area contributed by atoms with Gasteiger partial charge < -0.3 is 20.4 Å². The van der Waals surface area contributed by atoms with Crippen molar-refractivity contribution in [3.05, 3.63) is 0 Å². The molecule has 0 saturated heterocycles. The number of carbonyl (C=O) groups excluding carboxylic acids is 1. The number of nitrogens with two attached hydrogens (primary N) is 1. The Balaban J connectivity index is 0. The summed E-state index contributed by atoms with van der Waals surface area (Å²) in [5.41, 5.74) is 5.10. The van der Waals surface area contributed by atoms with Crippen LogP contribution in [-0.4, -0.2) is 57.0 Å². The molecule has 9 nitrogen and oxygen atoms in total. The van der Waals surface area contributed by atoms with Crippen LogP contribution in [0.3, 0.4) is 0 Å². The van der Waals surface area contributed by atoms with Crippen LogP contribution in [0.5, 0.6) is 0 Å². The SMILES string of the molecule is CC(C)CC1CC1.CC(C)OC/C(N)=N/O.CC(C)OCC(=O)NS(C)(=O)=O. The fourth-order valence-electron chi connectivity index (χ4n) is 1.78. The molecule has 1 rings (SSSR count). The molecular formula is C18H39N3O6S. The van der Waals surface area contributed by atoms with Gasteiger partial charge in [0.2, 0.25) is 10.0 Å². The van der Waals surface area contributed by atoms with Crippen LogP contribution in [0.15, 0.2) is 5.16 Å². The van der Waals surface area contributed by atoms with E-state index in [4.69, 9.17) is 20.4 Å². The lowest BCUT2D eigenvalue weighted by Crippen LogP contribution is -2.33. The normalized spacial score (nSPS) is 14.3. The molecule has 1 fully saturated rings. The van der Waals surface area contributed by atoms with Crippen molar-refractivity contribution in [2.24, 2.45) is 22.7 Å². The molecule has 0 aliphatic heterocycles. The number of nitrogens with one attached hydrogen (secondary N) is 1. The van der Waals surface area contributed by atoms with Crippen molar-refractivity contribution in [1.29, 1.82) is 0 Å². The molecule has 10 heteroatoms. The predicted octanol–water partition coefficient (Wildman–Crippen LogP) is 2.09. The third-order valence-electron chi connectivity index (χ3n) is 3.04. The largest absolute Gasteiger partial charge is 0.409 e. The molecule has 0 atom stereocenters. The van der Waals surface area contributed by atoms with Crippen LogP contribution >= 0.6 is 0 Å². The summed E-state index contributed by atoms with van der Waals surface area (Å²) in [5.74, 6) is 1.52. The Morgan fingerprint density at radius 1 is 1.11 bits per heavy atom. The quantitative estimate of drug-likeness (QED) is 0.222. The van der Waals surface area contributed by atoms with E-state index in [2.05, 4.69) is 19.0 Å². The Morgan fingerprint density at radius 3 is 1.86 bits per heavy atom. The second-order valence-corrected chi connectivity index (χ2v) is 9.43. The smallest absolute Gasteiger partial charge is 0.259 e. The zero-order valence-corrected chi connectivity index (χ0v) is 19.1. The minimum atomic E-state index is -3.45. The van der Waals surface area contributed by atoms with Gasteiger partial charge in [-0.3, -0.25) is 9.52 Å². The van der Waals surface area contributed by atoms with Crippen LogP contribution in [0, 0.1) is 11.8 Å². The molecule has 168 valence electrons. The van der Waals surface area contributed by atoms with Gasteiger partial charge in [0.15, 0.2) is 5.84 Å². The number of sulfonamides is 1. The Hall–Kier alpha value is -1.39. The molecular weight excluding hydrogens is 386 g/mol. The van der Waals surface area contributed by atoms with Gasteiger partial charge in [-0.15, -0.1) is 0 Å². The molecule has 0 aromatic rings. The lowest BCUT2D eigenvalue weighted by atomic mass is 10.1. The lowest BCUT2D eigenvalue weighted by molar-refractivity contribution is -0.125. The topological polar surface area (TPSA) is 140 Å². The first-order valence-electron chi connectivity index (χ1n) is 9.47. The monoisotopic (exact) mass is 425 g/mol. The first kappa shape index (κ1) is 28.8. The van der Waals surface area contributed by atoms with Crippen LogP contribution in [0.4, 0.5) is 0 Å². The van der Waals surface area contributed by atoms with E-state index in [0.29, 0.717) is 0 Å². The van der Waals surface area contributed by atoms with Crippen molar-refractivity contribution in [1.82, 2.24) is 4.72 Å². The first-order valence-corrected chi connectivity index (χ1v) is 11.4. The van der Waals surface area contributed by atoms with E-state index in [-0.39, 0.29) is 31.3 Å². The number of nitrogens with zero attached hydrogens (tertiary/aromatic N) is 1. The van der Waals surface area contributed by atoms with Crippen molar-refractivity contribution in [3.63, 3.8) is 0 Å². The zero-order chi connectivity index (χ0) is 22.3. The maximum Gasteiger partial charge on any atom is 0.259 e. The highest BCUT2D eigenvalue weighted by Crippen LogP contribution is 2.34. The summed E-state index contributed by atoms with van der Waals surface area (Å²) in [5, 5.41) is 10.8. The van der Waals surface area contributed by atoms with Gasteiger partial charge >= 0.3 is 0 Å². The molecule has 0 aromatic heterocycles. The van der Waals surface area contributed by atoms with Crippen molar-refractivity contribution in [2.75, 3.05) is 19.5 Å². The second-order valence-electron chi connectivity index (χ2n) is 7.68. The Labute approximate surface area is 170 Å². The van der Waals surface area contributed by atoms with Crippen LogP contribution in [0.1, 0.15) is 60.8 Å². The van der Waals surface area contributed by atoms with E-state index >= 15 is 0 Å². The molecule has 1 amide bonds. The average molecular weight is 426 g/mol. The number of hydrogen-bond donors (Lipinski definition) is 3. The van der Waals surface area contributed by atoms with Gasteiger partial charge in [-0.25, -0.2) is 8.42 Å². The molecule has 1 aliphatic rings. The molecule has 0 radical (unpaired) electrons. The second kappa shape index (κ2) is 15.5. The van der Waals surface area contributed by atoms with Gasteiger partial charge in [0.25, 0.3) is 5.91 Å². The fraction of sp³-hybridized carbons (Fsp3) is 0.889. The molecule has 1 aliphatic carbocycles. The molecule has 0 aromatic carbocycles. The molecule has 4 N–H and O–H groups in total. The summed E-state index contributed by atoms with van der Waals surface area (Å²) < 4.78 is 32.6. The van der Waals surface area contributed by atoms with Crippen molar-refractivity contribution in [2.45, 2.75) is 73.0 Å². The van der Waals surface area contributed by atoms with E-state index < -0.39 is 15.9 Å². The van der Waals surface area contributed by atoms with E-state index in [1.54, 1.807) is 18.6 Å². The van der Waals surface area contributed by atoms with Crippen molar-refractivity contribution in [3.8, 4) is 0 Å². The van der Waals surface area contributed by atoms with E-state index in [1.807, 2.05) is 13.8 Å². The summed E-state index contributed by atoms with van der Waals surface area (Å²) in [7, 11) is -3.45. The standard InChI is InChI=1S/C7H14.C6H13NO4S.C5H12N2O2/c1-6(2)5-7-3-4-7;1-5(2)11-4-6(8)7-12(3,9)10;1-4(2)9-3-5(6)7-8/h6-7H,3-5H2,1-2H3;5H,4H2,1-3H3,(H,7,8);4,8H,3H2,1-2H3,(H2,6,7). The van der Waals surface area contributed by atoms with Gasteiger partial charge in [-0.2, -0.15) is 0 Å². The Bertz CT molecular complexity index is 544. The molecule has 0 heterocycles. The van der Waals surface area contributed by atoms with E-state index in [0.717, 1.165) is 18.1 Å². The van der Waals surface area contributed by atoms with Crippen LogP contribution in [-0.2, 0) is 24.3 Å². The van der Waals surface area contributed by atoms with Gasteiger partial charge in [0.05, 0.1) is 18.5 Å². The number of oxime groups is 1. The predicted molar refractivity (Wildman–Crippen MR) is 111 cm³/mol. The third kappa shape index (κ3) is 26.8. The lowest BCUT2D eigenvalue weighted by Gasteiger charge is -2.06. The summed E-state index contributed by atoms with van der Waals surface area (Å²) in [6.07, 6.45) is 5.44. The Kier molecular flexibility index (Phi) is 16.0. The first-order chi connectivity index (χ1) is 12.8. The number of hydrogen-bond acceptors (Lipinski definition) is 7. The number of amides is 1. The average Bonchev–Trinajstić information content (AvgIpc) is 3.33. The highest BCUT2D eigenvalue weighted by atomic mass is 32.2. The third-order valence-corrected chi connectivity index (χ3v) is 3.64. The highest BCUT2D eigenvalue weighted by molar-refractivity contribution is 7.89. The Morgan fingerprint density at radius 2 is 1.57 bits per heavy atom. The van der Waals surface area contributed by atoms with E-state index in [1.165, 1.54) is 19.3 Å². The summed E-state index contributed by atoms with van der Waals surface area (Å²) in [6, 6.07) is 0. The highest BCUT2D eigenvalue weighted by Gasteiger charge is 2.21. The van der Waals surface area contributed by atoms with Gasteiger partial charge in [0, 0.05) is 0 Å². The van der Waals surface area contributed by atoms with Gasteiger partial charge in [-0.05, 0) is 46.0 Å². The van der Waals surface area contributed by atoms with Gasteiger partial charge in [-0.1, -0.05) is 31.8 Å². The molecule has 1 saturated carbocycles. The fourth-order valence-corrected chi connectivity index (χ4v) is 2.25. The maximum atomic E-state index is 10.7. The number of ether oxygens (including phenoxy) is 2. The minimum Gasteiger partial charge on any atom is -0.409 e. The number of carbonyl (C=O) groups is 1. The van der Waals surface area contributed by atoms with Crippen LogP contribution < -0.4 is 10.5 Å². The molecule has 0 bridgehead atoms. The summed E-state index contributed by atoms with van der Waals surface area (Å²) in [4.78, 5) is 10.7. The van der Waals surface area contributed by atoms with Crippen molar-refractivity contribution >= 4 is 21.8 Å². The molecule has 28 heavy (non-hydrogen) atoms. The van der Waals surface area contributed by atoms with Crippen LogP contribution in [0.2, 0.25) is 0 Å². The number of rotatable bonds is 9. The maximum absolute atomic E-state index is 10.7. The zero-order valence-electron chi connectivity index (χ0n) is 18.3. The van der Waals surface area contributed by atoms with E-state index in [9.17, 15) is 13.2 Å². The molecule has 0 spiro atoms. The minimum absolute atomic E-state index is 0.0877. The van der Waals surface area contributed by atoms with Gasteiger partial charge in [0.1, 0.15) is 13.2 Å². The van der Waals surface area contributed by atoms with Crippen LogP contribution in [0.25, 0.3) is 0 Å². The summed E-state index contributed by atoms with van der Waals surface area (Å²) in [6.45, 7) is 11.8. The van der Waals surface area contributed by atoms with Crippen molar-refractivity contribution < 1.29 is 27.9 Å². The number of amidine groups is 1. The summed E-state index contributed by atoms with van der Waals surface area (Å²) >= 11 is 0.